The van der Waals surface area contributed by atoms with E-state index in [9.17, 15) is 9.59 Å². The molecule has 1 heterocycles. The highest BCUT2D eigenvalue weighted by molar-refractivity contribution is 8.04. The maximum Gasteiger partial charge on any atom is 0.262 e. The Bertz CT molecular complexity index is 952. The fourth-order valence-corrected chi connectivity index (χ4v) is 4.97. The summed E-state index contributed by atoms with van der Waals surface area (Å²) in [5, 5.41) is 6.13. The third kappa shape index (κ3) is 4.40. The first kappa shape index (κ1) is 19.8. The van der Waals surface area contributed by atoms with Crippen molar-refractivity contribution in [2.45, 2.75) is 44.0 Å². The number of carbonyl (C=O) groups excluding carboxylic acids is 2. The van der Waals surface area contributed by atoms with E-state index in [1.165, 1.54) is 24.6 Å². The van der Waals surface area contributed by atoms with Crippen LogP contribution >= 0.6 is 11.8 Å². The van der Waals surface area contributed by atoms with Gasteiger partial charge in [0.25, 0.3) is 11.8 Å². The van der Waals surface area contributed by atoms with Gasteiger partial charge in [0.05, 0.1) is 10.6 Å². The summed E-state index contributed by atoms with van der Waals surface area (Å²) in [6.45, 7) is 4.50. The van der Waals surface area contributed by atoms with Crippen LogP contribution in [-0.4, -0.2) is 17.9 Å². The van der Waals surface area contributed by atoms with Crippen LogP contribution in [-0.2, 0) is 4.79 Å². The maximum absolute atomic E-state index is 12.7. The highest BCUT2D eigenvalue weighted by Crippen LogP contribution is 2.38. The molecule has 4 rings (SSSR count). The van der Waals surface area contributed by atoms with Gasteiger partial charge in [-0.25, -0.2) is 0 Å². The fraction of sp³-hybridized carbons (Fsp3) is 0.333. The largest absolute Gasteiger partial charge is 0.349 e. The van der Waals surface area contributed by atoms with Gasteiger partial charge in [-0.15, -0.1) is 0 Å². The Labute approximate surface area is 176 Å². The number of anilines is 1. The van der Waals surface area contributed by atoms with Gasteiger partial charge in [-0.1, -0.05) is 62.7 Å². The lowest BCUT2D eigenvalue weighted by Crippen LogP contribution is -2.43. The minimum absolute atomic E-state index is 0.0196. The second kappa shape index (κ2) is 8.46. The van der Waals surface area contributed by atoms with Crippen LogP contribution in [0.25, 0.3) is 6.08 Å². The Morgan fingerprint density at radius 2 is 1.86 bits per heavy atom. The van der Waals surface area contributed by atoms with E-state index in [4.69, 9.17) is 0 Å². The Kier molecular flexibility index (Phi) is 5.76. The van der Waals surface area contributed by atoms with E-state index in [1.807, 2.05) is 54.6 Å². The molecule has 2 aromatic carbocycles. The summed E-state index contributed by atoms with van der Waals surface area (Å²) in [7, 11) is 0. The van der Waals surface area contributed by atoms with Crippen LogP contribution in [0.15, 0.2) is 58.3 Å². The molecule has 0 radical (unpaired) electrons. The number of amides is 2. The average Bonchev–Trinajstić information content (AvgIpc) is 2.72. The van der Waals surface area contributed by atoms with Crippen molar-refractivity contribution in [1.82, 2.24) is 5.32 Å². The molecule has 5 heteroatoms. The number of nitrogens with one attached hydrogen (secondary N) is 2. The second-order valence-corrected chi connectivity index (χ2v) is 9.11. The standard InChI is InChI=1S/C24H26N2O2S/c1-15-6-5-8-19(16(15)2)25-23(27)18-12-10-17(11-13-18)14-22-24(28)26-20-7-3-4-9-21(20)29-22/h3-4,7,9-16,19H,5-6,8H2,1-2H3,(H,25,27)(H,26,28)/b22-14+/t15-,16-,19+/m1/s1. The van der Waals surface area contributed by atoms with Gasteiger partial charge < -0.3 is 10.6 Å². The SMILES string of the molecule is C[C@@H]1[C@H](C)CCC[C@@H]1NC(=O)c1ccc(/C=C2/Sc3ccccc3NC2=O)cc1. The summed E-state index contributed by atoms with van der Waals surface area (Å²) in [4.78, 5) is 26.7. The van der Waals surface area contributed by atoms with E-state index < -0.39 is 0 Å². The molecule has 2 aromatic rings. The van der Waals surface area contributed by atoms with Gasteiger partial charge in [0, 0.05) is 16.5 Å². The van der Waals surface area contributed by atoms with E-state index in [-0.39, 0.29) is 17.9 Å². The van der Waals surface area contributed by atoms with E-state index >= 15 is 0 Å². The summed E-state index contributed by atoms with van der Waals surface area (Å²) in [6.07, 6.45) is 5.33. The first-order valence-electron chi connectivity index (χ1n) is 10.2. The predicted molar refractivity (Wildman–Crippen MR) is 119 cm³/mol. The number of thioether (sulfide) groups is 1. The summed E-state index contributed by atoms with van der Waals surface area (Å²) in [6, 6.07) is 15.5. The molecule has 0 saturated heterocycles. The maximum atomic E-state index is 12.7. The van der Waals surface area contributed by atoms with Gasteiger partial charge in [-0.3, -0.25) is 9.59 Å². The van der Waals surface area contributed by atoms with Crippen molar-refractivity contribution in [2.75, 3.05) is 5.32 Å². The normalized spacial score (nSPS) is 25.2. The van der Waals surface area contributed by atoms with Crippen molar-refractivity contribution in [3.8, 4) is 0 Å². The number of para-hydroxylation sites is 1. The molecule has 2 aliphatic rings. The zero-order valence-corrected chi connectivity index (χ0v) is 17.6. The van der Waals surface area contributed by atoms with Gasteiger partial charge >= 0.3 is 0 Å². The molecule has 1 fully saturated rings. The van der Waals surface area contributed by atoms with Crippen LogP contribution in [0.5, 0.6) is 0 Å². The Balaban J connectivity index is 1.45. The van der Waals surface area contributed by atoms with E-state index in [1.54, 1.807) is 0 Å². The molecular formula is C24H26N2O2S. The third-order valence-electron chi connectivity index (χ3n) is 6.07. The zero-order valence-electron chi connectivity index (χ0n) is 16.8. The molecule has 0 spiro atoms. The monoisotopic (exact) mass is 406 g/mol. The number of hydrogen-bond donors (Lipinski definition) is 2. The number of rotatable bonds is 3. The smallest absolute Gasteiger partial charge is 0.262 e. The molecule has 0 unspecified atom stereocenters. The lowest BCUT2D eigenvalue weighted by Gasteiger charge is -2.34. The van der Waals surface area contributed by atoms with E-state index in [0.29, 0.717) is 22.3 Å². The molecule has 2 amide bonds. The second-order valence-electron chi connectivity index (χ2n) is 8.03. The van der Waals surface area contributed by atoms with Crippen molar-refractivity contribution in [3.63, 3.8) is 0 Å². The molecule has 0 aromatic heterocycles. The first-order valence-corrected chi connectivity index (χ1v) is 11.0. The van der Waals surface area contributed by atoms with Crippen molar-refractivity contribution < 1.29 is 9.59 Å². The molecule has 150 valence electrons. The summed E-state index contributed by atoms with van der Waals surface area (Å²) in [5.74, 6) is 1.03. The molecule has 1 aliphatic carbocycles. The molecule has 1 aliphatic heterocycles. The van der Waals surface area contributed by atoms with Gasteiger partial charge in [0.15, 0.2) is 0 Å². The van der Waals surface area contributed by atoms with Crippen LogP contribution in [0.1, 0.15) is 49.0 Å². The van der Waals surface area contributed by atoms with Crippen molar-refractivity contribution in [2.24, 2.45) is 11.8 Å². The molecule has 0 bridgehead atoms. The third-order valence-corrected chi connectivity index (χ3v) is 7.17. The molecule has 1 saturated carbocycles. The fourth-order valence-electron chi connectivity index (χ4n) is 4.02. The number of carbonyl (C=O) groups is 2. The molecule has 4 nitrogen and oxygen atoms in total. The zero-order chi connectivity index (χ0) is 20.4. The van der Waals surface area contributed by atoms with Crippen molar-refractivity contribution in [1.29, 1.82) is 0 Å². The lowest BCUT2D eigenvalue weighted by atomic mass is 9.78. The van der Waals surface area contributed by atoms with Crippen LogP contribution in [0.3, 0.4) is 0 Å². The Morgan fingerprint density at radius 1 is 1.10 bits per heavy atom. The number of hydrogen-bond acceptors (Lipinski definition) is 3. The van der Waals surface area contributed by atoms with E-state index in [2.05, 4.69) is 24.5 Å². The highest BCUT2D eigenvalue weighted by Gasteiger charge is 2.28. The molecule has 3 atom stereocenters. The predicted octanol–water partition coefficient (Wildman–Crippen LogP) is 5.33. The number of fused-ring (bicyclic) bond motifs is 1. The van der Waals surface area contributed by atoms with Crippen molar-refractivity contribution in [3.05, 3.63) is 64.6 Å². The minimum atomic E-state index is -0.101. The first-order chi connectivity index (χ1) is 14.0. The molecular weight excluding hydrogens is 380 g/mol. The Hall–Kier alpha value is -2.53. The van der Waals surface area contributed by atoms with Gasteiger partial charge in [0.2, 0.25) is 0 Å². The highest BCUT2D eigenvalue weighted by atomic mass is 32.2. The van der Waals surface area contributed by atoms with Crippen LogP contribution in [0.4, 0.5) is 5.69 Å². The average molecular weight is 407 g/mol. The summed E-state index contributed by atoms with van der Waals surface area (Å²) >= 11 is 1.46. The molecule has 29 heavy (non-hydrogen) atoms. The Morgan fingerprint density at radius 3 is 2.66 bits per heavy atom. The van der Waals surface area contributed by atoms with Gasteiger partial charge in [-0.2, -0.15) is 0 Å². The van der Waals surface area contributed by atoms with Crippen LogP contribution in [0.2, 0.25) is 0 Å². The van der Waals surface area contributed by atoms with Crippen LogP contribution in [0, 0.1) is 11.8 Å². The minimum Gasteiger partial charge on any atom is -0.349 e. The van der Waals surface area contributed by atoms with E-state index in [0.717, 1.165) is 22.6 Å². The summed E-state index contributed by atoms with van der Waals surface area (Å²) in [5.41, 5.74) is 2.40. The summed E-state index contributed by atoms with van der Waals surface area (Å²) < 4.78 is 0. The molecule has 2 N–H and O–H groups in total. The number of benzene rings is 2. The quantitative estimate of drug-likeness (QED) is 0.678. The van der Waals surface area contributed by atoms with Gasteiger partial charge in [-0.05, 0) is 54.2 Å². The lowest BCUT2D eigenvalue weighted by molar-refractivity contribution is -0.112. The van der Waals surface area contributed by atoms with Crippen molar-refractivity contribution >= 4 is 35.3 Å². The van der Waals surface area contributed by atoms with Gasteiger partial charge in [0.1, 0.15) is 0 Å². The van der Waals surface area contributed by atoms with Crippen LogP contribution < -0.4 is 10.6 Å². The topological polar surface area (TPSA) is 58.2 Å².